The summed E-state index contributed by atoms with van der Waals surface area (Å²) in [7, 11) is 1.82. The van der Waals surface area contributed by atoms with Crippen LogP contribution in [-0.4, -0.2) is 36.8 Å². The Morgan fingerprint density at radius 2 is 2.13 bits per heavy atom. The maximum absolute atomic E-state index is 5.23. The van der Waals surface area contributed by atoms with E-state index in [-0.39, 0.29) is 0 Å². The van der Waals surface area contributed by atoms with Crippen molar-refractivity contribution in [3.05, 3.63) is 12.4 Å². The van der Waals surface area contributed by atoms with Crippen LogP contribution in [0.3, 0.4) is 0 Å². The van der Waals surface area contributed by atoms with Gasteiger partial charge in [0.2, 0.25) is 0 Å². The van der Waals surface area contributed by atoms with Gasteiger partial charge in [0.25, 0.3) is 0 Å². The average Bonchev–Trinajstić information content (AvgIpc) is 2.29. The first-order valence-electron chi connectivity index (χ1n) is 5.18. The van der Waals surface area contributed by atoms with Gasteiger partial charge >= 0.3 is 0 Å². The second kappa shape index (κ2) is 7.00. The Morgan fingerprint density at radius 3 is 2.87 bits per heavy atom. The van der Waals surface area contributed by atoms with Crippen molar-refractivity contribution in [2.24, 2.45) is 0 Å². The lowest BCUT2D eigenvalue weighted by molar-refractivity contribution is 0.147. The highest BCUT2D eigenvalue weighted by atomic mass is 16.5. The summed E-state index contributed by atoms with van der Waals surface area (Å²) in [6, 6.07) is 0. The van der Waals surface area contributed by atoms with E-state index in [0.717, 1.165) is 37.8 Å². The van der Waals surface area contributed by atoms with E-state index in [1.807, 2.05) is 14.0 Å². The largest absolute Gasteiger partial charge is 0.382 e. The quantitative estimate of drug-likeness (QED) is 0.665. The summed E-state index contributed by atoms with van der Waals surface area (Å²) >= 11 is 0. The number of hydrogen-bond donors (Lipinski definition) is 2. The first-order valence-corrected chi connectivity index (χ1v) is 5.18. The fourth-order valence-corrected chi connectivity index (χ4v) is 1.11. The van der Waals surface area contributed by atoms with Gasteiger partial charge in [-0.05, 0) is 13.3 Å². The van der Waals surface area contributed by atoms with Crippen LogP contribution < -0.4 is 10.6 Å². The third kappa shape index (κ3) is 4.60. The molecule has 0 fully saturated rings. The first kappa shape index (κ1) is 11.7. The van der Waals surface area contributed by atoms with Crippen LogP contribution in [0.2, 0.25) is 0 Å². The van der Waals surface area contributed by atoms with Crippen molar-refractivity contribution in [2.45, 2.75) is 13.3 Å². The van der Waals surface area contributed by atoms with E-state index < -0.39 is 0 Å². The number of aromatic nitrogens is 2. The third-order valence-corrected chi connectivity index (χ3v) is 1.87. The molecule has 5 heteroatoms. The molecule has 0 saturated carbocycles. The number of nitrogens with zero attached hydrogens (tertiary/aromatic N) is 2. The molecule has 1 rings (SSSR count). The third-order valence-electron chi connectivity index (χ3n) is 1.87. The highest BCUT2D eigenvalue weighted by molar-refractivity contribution is 5.40. The molecule has 15 heavy (non-hydrogen) atoms. The summed E-state index contributed by atoms with van der Waals surface area (Å²) in [5.41, 5.74) is 0. The lowest BCUT2D eigenvalue weighted by atomic mass is 10.4. The summed E-state index contributed by atoms with van der Waals surface area (Å²) in [5, 5.41) is 6.12. The second-order valence-electron chi connectivity index (χ2n) is 3.02. The van der Waals surface area contributed by atoms with Crippen molar-refractivity contribution in [1.82, 2.24) is 9.97 Å². The molecule has 84 valence electrons. The van der Waals surface area contributed by atoms with E-state index in [0.29, 0.717) is 0 Å². The number of nitrogens with one attached hydrogen (secondary N) is 2. The minimum Gasteiger partial charge on any atom is -0.382 e. The lowest BCUT2D eigenvalue weighted by Crippen LogP contribution is -2.07. The molecule has 0 amide bonds. The van der Waals surface area contributed by atoms with Crippen LogP contribution in [0.25, 0.3) is 0 Å². The summed E-state index contributed by atoms with van der Waals surface area (Å²) in [6.07, 6.45) is 4.37. The molecule has 0 spiro atoms. The summed E-state index contributed by atoms with van der Waals surface area (Å²) in [4.78, 5) is 8.34. The number of ether oxygens (including phenoxy) is 1. The van der Waals surface area contributed by atoms with Crippen molar-refractivity contribution < 1.29 is 4.74 Å². The maximum atomic E-state index is 5.23. The molecule has 1 heterocycles. The number of anilines is 2. The second-order valence-corrected chi connectivity index (χ2v) is 3.02. The van der Waals surface area contributed by atoms with Crippen LogP contribution in [0.4, 0.5) is 11.6 Å². The molecule has 0 aliphatic heterocycles. The van der Waals surface area contributed by atoms with Crippen LogP contribution in [0.5, 0.6) is 0 Å². The van der Waals surface area contributed by atoms with Crippen molar-refractivity contribution in [1.29, 1.82) is 0 Å². The number of rotatable bonds is 7. The molecular weight excluding hydrogens is 192 g/mol. The zero-order chi connectivity index (χ0) is 10.9. The number of hydrogen-bond acceptors (Lipinski definition) is 5. The van der Waals surface area contributed by atoms with Crippen molar-refractivity contribution in [3.8, 4) is 0 Å². The SMILES string of the molecule is CCOCCCNc1cncc(NC)n1. The van der Waals surface area contributed by atoms with Gasteiger partial charge in [-0.3, -0.25) is 4.98 Å². The molecule has 0 aliphatic rings. The zero-order valence-corrected chi connectivity index (χ0v) is 9.29. The monoisotopic (exact) mass is 210 g/mol. The minimum absolute atomic E-state index is 0.768. The predicted molar refractivity (Wildman–Crippen MR) is 61.2 cm³/mol. The lowest BCUT2D eigenvalue weighted by Gasteiger charge is -2.06. The molecule has 1 aromatic heterocycles. The van der Waals surface area contributed by atoms with E-state index in [1.54, 1.807) is 12.4 Å². The normalized spacial score (nSPS) is 10.0. The molecule has 0 aromatic carbocycles. The Morgan fingerprint density at radius 1 is 1.33 bits per heavy atom. The Labute approximate surface area is 90.3 Å². The molecule has 5 nitrogen and oxygen atoms in total. The fourth-order valence-electron chi connectivity index (χ4n) is 1.11. The van der Waals surface area contributed by atoms with E-state index in [2.05, 4.69) is 20.6 Å². The van der Waals surface area contributed by atoms with Crippen LogP contribution in [0.1, 0.15) is 13.3 Å². The maximum Gasteiger partial charge on any atom is 0.146 e. The molecule has 1 aromatic rings. The summed E-state index contributed by atoms with van der Waals surface area (Å²) < 4.78 is 5.23. The predicted octanol–water partition coefficient (Wildman–Crippen LogP) is 1.36. The Kier molecular flexibility index (Phi) is 5.47. The van der Waals surface area contributed by atoms with E-state index >= 15 is 0 Å². The fraction of sp³-hybridized carbons (Fsp3) is 0.600. The van der Waals surface area contributed by atoms with Gasteiger partial charge in [0.15, 0.2) is 0 Å². The van der Waals surface area contributed by atoms with Gasteiger partial charge in [0, 0.05) is 26.8 Å². The molecule has 0 saturated heterocycles. The van der Waals surface area contributed by atoms with Crippen LogP contribution >= 0.6 is 0 Å². The Hall–Kier alpha value is -1.36. The van der Waals surface area contributed by atoms with Gasteiger partial charge in [0.1, 0.15) is 11.6 Å². The van der Waals surface area contributed by atoms with Gasteiger partial charge in [0.05, 0.1) is 12.4 Å². The molecule has 0 aliphatic carbocycles. The topological polar surface area (TPSA) is 59.1 Å². The van der Waals surface area contributed by atoms with Gasteiger partial charge in [-0.1, -0.05) is 0 Å². The zero-order valence-electron chi connectivity index (χ0n) is 9.29. The van der Waals surface area contributed by atoms with Crippen LogP contribution in [0, 0.1) is 0 Å². The van der Waals surface area contributed by atoms with Crippen molar-refractivity contribution in [3.63, 3.8) is 0 Å². The highest BCUT2D eigenvalue weighted by Crippen LogP contribution is 2.05. The molecule has 0 bridgehead atoms. The van der Waals surface area contributed by atoms with E-state index in [1.165, 1.54) is 0 Å². The minimum atomic E-state index is 0.768. The Bertz CT molecular complexity index is 280. The van der Waals surface area contributed by atoms with Gasteiger partial charge < -0.3 is 15.4 Å². The van der Waals surface area contributed by atoms with Gasteiger partial charge in [-0.15, -0.1) is 0 Å². The van der Waals surface area contributed by atoms with E-state index in [4.69, 9.17) is 4.74 Å². The van der Waals surface area contributed by atoms with Crippen LogP contribution in [0.15, 0.2) is 12.4 Å². The summed E-state index contributed by atoms with van der Waals surface area (Å²) in [6.45, 7) is 4.40. The van der Waals surface area contributed by atoms with Crippen molar-refractivity contribution >= 4 is 11.6 Å². The van der Waals surface area contributed by atoms with Gasteiger partial charge in [-0.2, -0.15) is 0 Å². The summed E-state index contributed by atoms with van der Waals surface area (Å²) in [5.74, 6) is 1.56. The van der Waals surface area contributed by atoms with E-state index in [9.17, 15) is 0 Å². The highest BCUT2D eigenvalue weighted by Gasteiger charge is 1.95. The first-order chi connectivity index (χ1) is 7.36. The van der Waals surface area contributed by atoms with Gasteiger partial charge in [-0.25, -0.2) is 4.98 Å². The standard InChI is InChI=1S/C10H18N4O/c1-3-15-6-4-5-13-10-8-12-7-9(11-2)14-10/h7-8H,3-6H2,1-2H3,(H2,11,13,14). The molecule has 0 atom stereocenters. The molecule has 0 unspecified atom stereocenters. The Balaban J connectivity index is 2.24. The molecule has 0 radical (unpaired) electrons. The van der Waals surface area contributed by atoms with Crippen LogP contribution in [-0.2, 0) is 4.74 Å². The molecule has 2 N–H and O–H groups in total. The average molecular weight is 210 g/mol. The smallest absolute Gasteiger partial charge is 0.146 e. The van der Waals surface area contributed by atoms with Crippen molar-refractivity contribution in [2.75, 3.05) is 37.4 Å². The molecular formula is C10H18N4O.